The van der Waals surface area contributed by atoms with Crippen LogP contribution in [0.1, 0.15) is 11.3 Å². The fraction of sp³-hybridized carbons (Fsp3) is 0.429. The lowest BCUT2D eigenvalue weighted by Crippen LogP contribution is -1.94. The highest BCUT2D eigenvalue weighted by Gasteiger charge is 2.14. The monoisotopic (exact) mass is 184 g/mol. The first kappa shape index (κ1) is 7.31. The van der Waals surface area contributed by atoms with E-state index in [0.717, 1.165) is 17.2 Å². The lowest BCUT2D eigenvalue weighted by atomic mass is 10.2. The molecule has 2 rings (SSSR count). The molecule has 2 heterocycles. The third kappa shape index (κ3) is 1.20. The molecule has 11 heavy (non-hydrogen) atoms. The quantitative estimate of drug-likeness (QED) is 0.494. The van der Waals surface area contributed by atoms with Crippen molar-refractivity contribution >= 4 is 24.0 Å². The van der Waals surface area contributed by atoms with Gasteiger partial charge in [-0.15, -0.1) is 11.8 Å². The molecule has 1 aliphatic heterocycles. The summed E-state index contributed by atoms with van der Waals surface area (Å²) in [5.41, 5.74) is 2.54. The second-order valence-electron chi connectivity index (χ2n) is 2.55. The van der Waals surface area contributed by atoms with Crippen LogP contribution in [0.2, 0.25) is 0 Å². The third-order valence-corrected chi connectivity index (χ3v) is 3.01. The van der Waals surface area contributed by atoms with E-state index in [1.54, 1.807) is 11.8 Å². The molecule has 0 unspecified atom stereocenters. The highest BCUT2D eigenvalue weighted by atomic mass is 32.2. The first-order valence-corrected chi connectivity index (χ1v) is 4.89. The lowest BCUT2D eigenvalue weighted by molar-refractivity contribution is 0.926. The Hall–Kier alpha value is -0.350. The molecule has 0 saturated carbocycles. The molecular weight excluding hydrogens is 176 g/mol. The minimum Gasteiger partial charge on any atom is -0.334 e. The molecule has 0 amide bonds. The van der Waals surface area contributed by atoms with Gasteiger partial charge in [-0.25, -0.2) is 4.98 Å². The Labute approximate surface area is 74.4 Å². The number of aromatic nitrogens is 2. The van der Waals surface area contributed by atoms with Gasteiger partial charge in [-0.05, 0) is 25.6 Å². The average molecular weight is 184 g/mol. The van der Waals surface area contributed by atoms with Gasteiger partial charge in [0.2, 0.25) is 0 Å². The van der Waals surface area contributed by atoms with Crippen molar-refractivity contribution in [3.8, 4) is 0 Å². The van der Waals surface area contributed by atoms with Crippen molar-refractivity contribution in [3.63, 3.8) is 0 Å². The van der Waals surface area contributed by atoms with Gasteiger partial charge in [0.15, 0.2) is 4.77 Å². The van der Waals surface area contributed by atoms with Crippen molar-refractivity contribution in [2.45, 2.75) is 18.4 Å². The van der Waals surface area contributed by atoms with Crippen LogP contribution in [-0.4, -0.2) is 15.7 Å². The summed E-state index contributed by atoms with van der Waals surface area (Å²) in [6.45, 7) is 2.06. The molecule has 0 fully saturated rings. The molecule has 1 aromatic rings. The Balaban J connectivity index is 2.70. The van der Waals surface area contributed by atoms with Crippen LogP contribution < -0.4 is 0 Å². The largest absolute Gasteiger partial charge is 0.334 e. The van der Waals surface area contributed by atoms with Gasteiger partial charge in [0.05, 0.1) is 0 Å². The van der Waals surface area contributed by atoms with Gasteiger partial charge in [-0.1, -0.05) is 0 Å². The Morgan fingerprint density at radius 2 is 2.45 bits per heavy atom. The van der Waals surface area contributed by atoms with E-state index in [1.807, 2.05) is 0 Å². The summed E-state index contributed by atoms with van der Waals surface area (Å²) in [4.78, 5) is 7.30. The van der Waals surface area contributed by atoms with Gasteiger partial charge < -0.3 is 4.98 Å². The summed E-state index contributed by atoms with van der Waals surface area (Å²) in [5.74, 6) is 1.15. The highest BCUT2D eigenvalue weighted by molar-refractivity contribution is 7.99. The fourth-order valence-electron chi connectivity index (χ4n) is 1.25. The molecule has 0 aliphatic carbocycles. The van der Waals surface area contributed by atoms with E-state index in [4.69, 9.17) is 12.2 Å². The molecule has 0 aromatic carbocycles. The molecule has 0 atom stereocenters. The van der Waals surface area contributed by atoms with Gasteiger partial charge in [0.1, 0.15) is 5.03 Å². The Bertz CT molecular complexity index is 343. The number of hydrogen-bond acceptors (Lipinski definition) is 3. The summed E-state index contributed by atoms with van der Waals surface area (Å²) < 4.78 is 0.607. The van der Waals surface area contributed by atoms with Crippen LogP contribution in [0.25, 0.3) is 0 Å². The van der Waals surface area contributed by atoms with Gasteiger partial charge in [0, 0.05) is 17.0 Å². The Kier molecular flexibility index (Phi) is 1.73. The average Bonchev–Trinajstić information content (AvgIpc) is 2.34. The summed E-state index contributed by atoms with van der Waals surface area (Å²) in [7, 11) is 0. The van der Waals surface area contributed by atoms with Crippen molar-refractivity contribution in [1.82, 2.24) is 9.97 Å². The van der Waals surface area contributed by atoms with Crippen LogP contribution in [0.15, 0.2) is 5.03 Å². The minimum absolute atomic E-state index is 0.607. The SMILES string of the molecule is Cc1[nH]c(=S)nc2c1CCS2. The maximum Gasteiger partial charge on any atom is 0.198 e. The van der Waals surface area contributed by atoms with Gasteiger partial charge >= 0.3 is 0 Å². The standard InChI is InChI=1S/C7H8N2S2/c1-4-5-2-3-11-6(5)9-7(10)8-4/h2-3H2,1H3,(H,8,9,10). The van der Waals surface area contributed by atoms with Crippen LogP contribution in [0.4, 0.5) is 0 Å². The number of H-pyrrole nitrogens is 1. The Morgan fingerprint density at radius 1 is 1.64 bits per heavy atom. The van der Waals surface area contributed by atoms with Crippen molar-refractivity contribution in [3.05, 3.63) is 16.0 Å². The summed E-state index contributed by atoms with van der Waals surface area (Å²) in [6.07, 6.45) is 1.13. The molecule has 1 aromatic heterocycles. The van der Waals surface area contributed by atoms with Crippen LogP contribution in [0, 0.1) is 11.7 Å². The number of hydrogen-bond donors (Lipinski definition) is 1. The van der Waals surface area contributed by atoms with E-state index >= 15 is 0 Å². The number of thioether (sulfide) groups is 1. The highest BCUT2D eigenvalue weighted by Crippen LogP contribution is 2.29. The van der Waals surface area contributed by atoms with E-state index < -0.39 is 0 Å². The van der Waals surface area contributed by atoms with E-state index in [-0.39, 0.29) is 0 Å². The lowest BCUT2D eigenvalue weighted by Gasteiger charge is -2.00. The summed E-state index contributed by atoms with van der Waals surface area (Å²) in [5, 5.41) is 1.13. The van der Waals surface area contributed by atoms with Crippen LogP contribution in [-0.2, 0) is 6.42 Å². The zero-order chi connectivity index (χ0) is 7.84. The third-order valence-electron chi connectivity index (χ3n) is 1.80. The molecule has 2 nitrogen and oxygen atoms in total. The second-order valence-corrected chi connectivity index (χ2v) is 4.02. The predicted molar refractivity (Wildman–Crippen MR) is 48.6 cm³/mol. The molecule has 0 radical (unpaired) electrons. The number of rotatable bonds is 0. The van der Waals surface area contributed by atoms with E-state index in [1.165, 1.54) is 11.3 Å². The molecule has 0 bridgehead atoms. The van der Waals surface area contributed by atoms with Gasteiger partial charge in [-0.2, -0.15) is 0 Å². The summed E-state index contributed by atoms with van der Waals surface area (Å²) >= 11 is 6.76. The van der Waals surface area contributed by atoms with Gasteiger partial charge in [0.25, 0.3) is 0 Å². The predicted octanol–water partition coefficient (Wildman–Crippen LogP) is 2.10. The molecule has 58 valence electrons. The van der Waals surface area contributed by atoms with Crippen LogP contribution in [0.5, 0.6) is 0 Å². The van der Waals surface area contributed by atoms with E-state index in [0.29, 0.717) is 4.77 Å². The molecule has 4 heteroatoms. The van der Waals surface area contributed by atoms with Crippen molar-refractivity contribution in [2.24, 2.45) is 0 Å². The number of fused-ring (bicyclic) bond motifs is 1. The maximum absolute atomic E-state index is 4.96. The van der Waals surface area contributed by atoms with Crippen LogP contribution in [0.3, 0.4) is 0 Å². The van der Waals surface area contributed by atoms with Crippen molar-refractivity contribution in [1.29, 1.82) is 0 Å². The topological polar surface area (TPSA) is 28.7 Å². The van der Waals surface area contributed by atoms with Crippen molar-refractivity contribution in [2.75, 3.05) is 5.75 Å². The molecular formula is C7H8N2S2. The van der Waals surface area contributed by atoms with Crippen LogP contribution >= 0.6 is 24.0 Å². The van der Waals surface area contributed by atoms with Crippen molar-refractivity contribution < 1.29 is 0 Å². The smallest absolute Gasteiger partial charge is 0.198 e. The number of aromatic amines is 1. The first-order chi connectivity index (χ1) is 5.27. The first-order valence-electron chi connectivity index (χ1n) is 3.50. The zero-order valence-corrected chi connectivity index (χ0v) is 7.81. The van der Waals surface area contributed by atoms with Gasteiger partial charge in [-0.3, -0.25) is 0 Å². The Morgan fingerprint density at radius 3 is 3.27 bits per heavy atom. The minimum atomic E-state index is 0.607. The number of nitrogens with zero attached hydrogens (tertiary/aromatic N) is 1. The molecule has 1 aliphatic rings. The second kappa shape index (κ2) is 2.60. The molecule has 1 N–H and O–H groups in total. The molecule has 0 spiro atoms. The summed E-state index contributed by atoms with van der Waals surface area (Å²) in [6, 6.07) is 0. The molecule has 0 saturated heterocycles. The normalized spacial score (nSPS) is 15.0. The maximum atomic E-state index is 4.96. The number of aryl methyl sites for hydroxylation is 1. The van der Waals surface area contributed by atoms with E-state index in [2.05, 4.69) is 16.9 Å². The fourth-order valence-corrected chi connectivity index (χ4v) is 2.63. The zero-order valence-electron chi connectivity index (χ0n) is 6.18. The number of nitrogens with one attached hydrogen (secondary N) is 1. The van der Waals surface area contributed by atoms with E-state index in [9.17, 15) is 0 Å².